The lowest BCUT2D eigenvalue weighted by molar-refractivity contribution is 0.208. The smallest absolute Gasteiger partial charge is 0.226 e. The van der Waals surface area contributed by atoms with E-state index in [-0.39, 0.29) is 0 Å². The van der Waals surface area contributed by atoms with Gasteiger partial charge in [0.15, 0.2) is 0 Å². The van der Waals surface area contributed by atoms with Crippen LogP contribution in [0.2, 0.25) is 5.02 Å². The Balaban J connectivity index is 1.59. The maximum absolute atomic E-state index is 5.96. The lowest BCUT2D eigenvalue weighted by Gasteiger charge is -2.33. The van der Waals surface area contributed by atoms with Crippen LogP contribution >= 0.6 is 11.6 Å². The lowest BCUT2D eigenvalue weighted by atomic mass is 10.0. The third-order valence-corrected chi connectivity index (χ3v) is 4.47. The first-order chi connectivity index (χ1) is 11.6. The van der Waals surface area contributed by atoms with E-state index in [4.69, 9.17) is 11.6 Å². The van der Waals surface area contributed by atoms with Gasteiger partial charge in [-0.3, -0.25) is 4.90 Å². The zero-order chi connectivity index (χ0) is 16.9. The molecule has 1 fully saturated rings. The molecule has 2 aromatic rings. The molecule has 0 bridgehead atoms. The van der Waals surface area contributed by atoms with Crippen molar-refractivity contribution in [2.45, 2.75) is 25.4 Å². The van der Waals surface area contributed by atoms with Gasteiger partial charge >= 0.3 is 0 Å². The highest BCUT2D eigenvalue weighted by molar-refractivity contribution is 6.30. The fourth-order valence-corrected chi connectivity index (χ4v) is 3.14. The Morgan fingerprint density at radius 3 is 2.79 bits per heavy atom. The third kappa shape index (κ3) is 4.58. The minimum atomic E-state index is 0.413. The summed E-state index contributed by atoms with van der Waals surface area (Å²) in [6.45, 7) is 3.11. The monoisotopic (exact) mass is 345 g/mol. The minimum absolute atomic E-state index is 0.413. The summed E-state index contributed by atoms with van der Waals surface area (Å²) in [7, 11) is 3.90. The summed E-state index contributed by atoms with van der Waals surface area (Å²) in [6, 6.07) is 10.5. The molecule has 0 spiro atoms. The third-order valence-electron chi connectivity index (χ3n) is 4.22. The molecule has 0 amide bonds. The van der Waals surface area contributed by atoms with Crippen LogP contribution in [0.3, 0.4) is 0 Å². The van der Waals surface area contributed by atoms with Crippen LogP contribution in [0.1, 0.15) is 18.4 Å². The van der Waals surface area contributed by atoms with Crippen molar-refractivity contribution in [3.63, 3.8) is 0 Å². The summed E-state index contributed by atoms with van der Waals surface area (Å²) in [5.41, 5.74) is 1.30. The van der Waals surface area contributed by atoms with Crippen LogP contribution in [-0.2, 0) is 6.54 Å². The summed E-state index contributed by atoms with van der Waals surface area (Å²) >= 11 is 5.96. The Morgan fingerprint density at radius 1 is 1.25 bits per heavy atom. The van der Waals surface area contributed by atoms with Gasteiger partial charge < -0.3 is 10.2 Å². The first-order valence-electron chi connectivity index (χ1n) is 8.34. The topological polar surface area (TPSA) is 44.3 Å². The average Bonchev–Trinajstić information content (AvgIpc) is 2.57. The molecule has 2 heterocycles. The van der Waals surface area contributed by atoms with Crippen LogP contribution in [0.4, 0.5) is 11.8 Å². The van der Waals surface area contributed by atoms with E-state index in [1.54, 1.807) is 6.20 Å². The summed E-state index contributed by atoms with van der Waals surface area (Å²) in [5.74, 6) is 1.63. The van der Waals surface area contributed by atoms with Gasteiger partial charge in [-0.25, -0.2) is 4.98 Å². The Bertz CT molecular complexity index is 659. The number of aromatic nitrogens is 2. The number of nitrogens with zero attached hydrogens (tertiary/aromatic N) is 4. The van der Waals surface area contributed by atoms with E-state index in [0.717, 1.165) is 36.4 Å². The highest BCUT2D eigenvalue weighted by atomic mass is 35.5. The predicted octanol–water partition coefficient (Wildman–Crippen LogP) is 3.27. The summed E-state index contributed by atoms with van der Waals surface area (Å²) in [4.78, 5) is 13.2. The number of hydrogen-bond acceptors (Lipinski definition) is 5. The van der Waals surface area contributed by atoms with E-state index >= 15 is 0 Å². The number of hydrogen-bond donors (Lipinski definition) is 1. The van der Waals surface area contributed by atoms with Crippen molar-refractivity contribution in [1.82, 2.24) is 14.9 Å². The fraction of sp³-hybridized carbons (Fsp3) is 0.444. The van der Waals surface area contributed by atoms with Gasteiger partial charge in [0, 0.05) is 44.4 Å². The molecule has 0 saturated carbocycles. The van der Waals surface area contributed by atoms with Crippen molar-refractivity contribution in [3.8, 4) is 0 Å². The van der Waals surface area contributed by atoms with E-state index < -0.39 is 0 Å². The Morgan fingerprint density at radius 2 is 2.04 bits per heavy atom. The molecule has 128 valence electrons. The first kappa shape index (κ1) is 17.0. The fourth-order valence-electron chi connectivity index (χ4n) is 3.02. The van der Waals surface area contributed by atoms with Crippen LogP contribution in [0.5, 0.6) is 0 Å². The highest BCUT2D eigenvalue weighted by Gasteiger charge is 2.20. The predicted molar refractivity (Wildman–Crippen MR) is 99.7 cm³/mol. The Kier molecular flexibility index (Phi) is 5.53. The van der Waals surface area contributed by atoms with Crippen LogP contribution in [0, 0.1) is 0 Å². The van der Waals surface area contributed by atoms with E-state index in [1.807, 2.05) is 37.2 Å². The summed E-state index contributed by atoms with van der Waals surface area (Å²) < 4.78 is 0. The second-order valence-corrected chi connectivity index (χ2v) is 6.92. The van der Waals surface area contributed by atoms with Crippen molar-refractivity contribution in [2.24, 2.45) is 0 Å². The highest BCUT2D eigenvalue weighted by Crippen LogP contribution is 2.18. The zero-order valence-corrected chi connectivity index (χ0v) is 15.0. The van der Waals surface area contributed by atoms with Crippen molar-refractivity contribution < 1.29 is 0 Å². The van der Waals surface area contributed by atoms with Crippen LogP contribution in [0.25, 0.3) is 0 Å². The lowest BCUT2D eigenvalue weighted by Crippen LogP contribution is -2.41. The number of halogens is 1. The SMILES string of the molecule is CN(C)c1nccc(NC2CCCN(Cc3ccc(Cl)cc3)C2)n1. The molecule has 1 aromatic heterocycles. The molecule has 1 aromatic carbocycles. The van der Waals surface area contributed by atoms with Gasteiger partial charge in [0.05, 0.1) is 0 Å². The molecule has 0 radical (unpaired) electrons. The Labute approximate surface area is 148 Å². The molecular weight excluding hydrogens is 322 g/mol. The molecule has 1 aliphatic rings. The molecule has 0 aliphatic carbocycles. The molecule has 1 N–H and O–H groups in total. The largest absolute Gasteiger partial charge is 0.366 e. The molecule has 5 nitrogen and oxygen atoms in total. The average molecular weight is 346 g/mol. The van der Waals surface area contributed by atoms with Gasteiger partial charge in [-0.2, -0.15) is 4.98 Å². The second-order valence-electron chi connectivity index (χ2n) is 6.48. The van der Waals surface area contributed by atoms with Crippen LogP contribution in [0.15, 0.2) is 36.5 Å². The Hall–Kier alpha value is -1.85. The minimum Gasteiger partial charge on any atom is -0.366 e. The second kappa shape index (κ2) is 7.81. The number of benzene rings is 1. The number of likely N-dealkylation sites (tertiary alicyclic amines) is 1. The first-order valence-corrected chi connectivity index (χ1v) is 8.71. The van der Waals surface area contributed by atoms with Crippen LogP contribution in [-0.4, -0.2) is 48.1 Å². The van der Waals surface area contributed by atoms with E-state index in [9.17, 15) is 0 Å². The molecule has 1 atom stereocenters. The number of rotatable bonds is 5. The van der Waals surface area contributed by atoms with Gasteiger partial charge in [-0.05, 0) is 43.1 Å². The van der Waals surface area contributed by atoms with E-state index in [1.165, 1.54) is 18.4 Å². The van der Waals surface area contributed by atoms with Crippen molar-refractivity contribution >= 4 is 23.4 Å². The zero-order valence-electron chi connectivity index (χ0n) is 14.2. The molecule has 1 aliphatic heterocycles. The molecule has 1 unspecified atom stereocenters. The van der Waals surface area contributed by atoms with Crippen molar-refractivity contribution in [1.29, 1.82) is 0 Å². The maximum Gasteiger partial charge on any atom is 0.226 e. The molecule has 24 heavy (non-hydrogen) atoms. The van der Waals surface area contributed by atoms with Crippen LogP contribution < -0.4 is 10.2 Å². The number of piperidine rings is 1. The van der Waals surface area contributed by atoms with E-state index in [2.05, 4.69) is 32.3 Å². The number of anilines is 2. The standard InChI is InChI=1S/C18H24ClN5/c1-23(2)18-20-10-9-17(22-18)21-16-4-3-11-24(13-16)12-14-5-7-15(19)8-6-14/h5-10,16H,3-4,11-13H2,1-2H3,(H,20,21,22). The summed E-state index contributed by atoms with van der Waals surface area (Å²) in [6.07, 6.45) is 4.16. The normalized spacial score (nSPS) is 18.4. The maximum atomic E-state index is 5.96. The van der Waals surface area contributed by atoms with Gasteiger partial charge in [0.25, 0.3) is 0 Å². The van der Waals surface area contributed by atoms with E-state index in [0.29, 0.717) is 6.04 Å². The van der Waals surface area contributed by atoms with Crippen molar-refractivity contribution in [2.75, 3.05) is 37.4 Å². The van der Waals surface area contributed by atoms with Gasteiger partial charge in [-0.1, -0.05) is 23.7 Å². The molecule has 3 rings (SSSR count). The molecule has 1 saturated heterocycles. The summed E-state index contributed by atoms with van der Waals surface area (Å²) in [5, 5.41) is 4.35. The van der Waals surface area contributed by atoms with Crippen molar-refractivity contribution in [3.05, 3.63) is 47.1 Å². The van der Waals surface area contributed by atoms with Gasteiger partial charge in [0.2, 0.25) is 5.95 Å². The van der Waals surface area contributed by atoms with Gasteiger partial charge in [0.1, 0.15) is 5.82 Å². The molecule has 6 heteroatoms. The number of nitrogens with one attached hydrogen (secondary N) is 1. The van der Waals surface area contributed by atoms with Gasteiger partial charge in [-0.15, -0.1) is 0 Å². The quantitative estimate of drug-likeness (QED) is 0.901. The molecular formula is C18H24ClN5.